The summed E-state index contributed by atoms with van der Waals surface area (Å²) in [6.45, 7) is 2.20. The maximum atomic E-state index is 5.41. The molecule has 0 radical (unpaired) electrons. The van der Waals surface area contributed by atoms with Crippen molar-refractivity contribution in [3.8, 4) is 5.75 Å². The zero-order valence-electron chi connectivity index (χ0n) is 11.8. The molecule has 0 spiro atoms. The third-order valence-corrected chi connectivity index (χ3v) is 4.50. The Morgan fingerprint density at radius 3 is 2.68 bits per heavy atom. The van der Waals surface area contributed by atoms with Crippen LogP contribution in [0.25, 0.3) is 0 Å². The molecule has 0 aliphatic heterocycles. The average molecular weight is 328 g/mol. The van der Waals surface area contributed by atoms with E-state index >= 15 is 0 Å². The van der Waals surface area contributed by atoms with Gasteiger partial charge < -0.3 is 14.8 Å². The predicted octanol–water partition coefficient (Wildman–Crippen LogP) is 3.68. The molecule has 0 aromatic heterocycles. The fourth-order valence-electron chi connectivity index (χ4n) is 2.71. The smallest absolute Gasteiger partial charge is 0.133 e. The van der Waals surface area contributed by atoms with E-state index in [0.29, 0.717) is 18.2 Å². The lowest BCUT2D eigenvalue weighted by Crippen LogP contribution is -2.29. The fraction of sp³-hybridized carbons (Fsp3) is 0.600. The van der Waals surface area contributed by atoms with E-state index in [9.17, 15) is 0 Å². The highest BCUT2D eigenvalue weighted by Crippen LogP contribution is 2.29. The van der Waals surface area contributed by atoms with Crippen LogP contribution in [0, 0.1) is 0 Å². The molecule has 3 nitrogen and oxygen atoms in total. The molecule has 3 unspecified atom stereocenters. The van der Waals surface area contributed by atoms with Crippen LogP contribution in [0.5, 0.6) is 5.75 Å². The summed E-state index contributed by atoms with van der Waals surface area (Å²) in [6.07, 6.45) is 3.89. The molecule has 1 aliphatic rings. The summed E-state index contributed by atoms with van der Waals surface area (Å²) >= 11 is 3.54. The van der Waals surface area contributed by atoms with Gasteiger partial charge in [-0.05, 0) is 59.8 Å². The van der Waals surface area contributed by atoms with Crippen LogP contribution in [0.3, 0.4) is 0 Å². The van der Waals surface area contributed by atoms with Gasteiger partial charge in [-0.3, -0.25) is 0 Å². The lowest BCUT2D eigenvalue weighted by atomic mass is 10.1. The maximum absolute atomic E-state index is 5.41. The second-order valence-electron chi connectivity index (χ2n) is 5.15. The van der Waals surface area contributed by atoms with Crippen LogP contribution in [-0.4, -0.2) is 26.4 Å². The van der Waals surface area contributed by atoms with Gasteiger partial charge in [0, 0.05) is 19.2 Å². The van der Waals surface area contributed by atoms with Crippen molar-refractivity contribution in [1.29, 1.82) is 0 Å². The Kier molecular flexibility index (Phi) is 5.25. The predicted molar refractivity (Wildman–Crippen MR) is 80.7 cm³/mol. The van der Waals surface area contributed by atoms with E-state index in [0.717, 1.165) is 23.1 Å². The molecule has 1 fully saturated rings. The highest BCUT2D eigenvalue weighted by atomic mass is 79.9. The molecule has 0 heterocycles. The van der Waals surface area contributed by atoms with Crippen molar-refractivity contribution in [2.75, 3.05) is 14.2 Å². The van der Waals surface area contributed by atoms with Gasteiger partial charge in [0.05, 0.1) is 17.7 Å². The number of nitrogens with one attached hydrogen (secondary N) is 1. The van der Waals surface area contributed by atoms with E-state index in [2.05, 4.69) is 40.3 Å². The van der Waals surface area contributed by atoms with E-state index in [-0.39, 0.29) is 0 Å². The summed E-state index contributed by atoms with van der Waals surface area (Å²) in [5, 5.41) is 3.68. The van der Waals surface area contributed by atoms with Gasteiger partial charge in [0.1, 0.15) is 5.75 Å². The van der Waals surface area contributed by atoms with Crippen molar-refractivity contribution in [2.24, 2.45) is 0 Å². The van der Waals surface area contributed by atoms with Crippen LogP contribution in [-0.2, 0) is 4.74 Å². The van der Waals surface area contributed by atoms with Crippen molar-refractivity contribution in [1.82, 2.24) is 5.32 Å². The van der Waals surface area contributed by atoms with Gasteiger partial charge in [0.25, 0.3) is 0 Å². The summed E-state index contributed by atoms with van der Waals surface area (Å²) in [5.74, 6) is 0.872. The molecule has 0 bridgehead atoms. The molecule has 2 rings (SSSR count). The van der Waals surface area contributed by atoms with Gasteiger partial charge in [-0.25, -0.2) is 0 Å². The van der Waals surface area contributed by atoms with Gasteiger partial charge in [-0.2, -0.15) is 0 Å². The third-order valence-electron chi connectivity index (χ3n) is 3.88. The molecule has 1 aromatic rings. The molecule has 0 saturated heterocycles. The molecule has 4 heteroatoms. The van der Waals surface area contributed by atoms with Crippen LogP contribution >= 0.6 is 15.9 Å². The van der Waals surface area contributed by atoms with E-state index in [4.69, 9.17) is 9.47 Å². The second-order valence-corrected chi connectivity index (χ2v) is 6.00. The van der Waals surface area contributed by atoms with Crippen molar-refractivity contribution < 1.29 is 9.47 Å². The van der Waals surface area contributed by atoms with E-state index < -0.39 is 0 Å². The van der Waals surface area contributed by atoms with E-state index in [1.165, 1.54) is 12.0 Å². The Morgan fingerprint density at radius 1 is 1.32 bits per heavy atom. The Morgan fingerprint density at radius 2 is 2.11 bits per heavy atom. The number of methoxy groups -OCH3 is 2. The second kappa shape index (κ2) is 6.73. The molecule has 1 saturated carbocycles. The first-order valence-corrected chi connectivity index (χ1v) is 7.55. The summed E-state index contributed by atoms with van der Waals surface area (Å²) in [5.41, 5.74) is 1.27. The van der Waals surface area contributed by atoms with Crippen LogP contribution in [0.2, 0.25) is 0 Å². The van der Waals surface area contributed by atoms with Crippen molar-refractivity contribution >= 4 is 15.9 Å². The minimum atomic E-state index is 0.336. The van der Waals surface area contributed by atoms with Gasteiger partial charge in [0.15, 0.2) is 0 Å². The van der Waals surface area contributed by atoms with Crippen LogP contribution < -0.4 is 10.1 Å². The van der Waals surface area contributed by atoms with Crippen LogP contribution in [0.15, 0.2) is 22.7 Å². The third kappa shape index (κ3) is 3.71. The molecular formula is C15H22BrNO2. The lowest BCUT2D eigenvalue weighted by molar-refractivity contribution is 0.106. The standard InChI is InChI=1S/C15H22BrNO2/c1-10(17-12-5-6-13(9-12)18-2)11-4-7-15(19-3)14(16)8-11/h4,7-8,10,12-13,17H,5-6,9H2,1-3H3. The molecular weight excluding hydrogens is 306 g/mol. The summed E-state index contributed by atoms with van der Waals surface area (Å²) in [6, 6.07) is 7.14. The number of ether oxygens (including phenoxy) is 2. The van der Waals surface area contributed by atoms with Gasteiger partial charge >= 0.3 is 0 Å². The van der Waals surface area contributed by atoms with E-state index in [1.807, 2.05) is 6.07 Å². The fourth-order valence-corrected chi connectivity index (χ4v) is 3.27. The number of hydrogen-bond acceptors (Lipinski definition) is 3. The van der Waals surface area contributed by atoms with E-state index in [1.54, 1.807) is 14.2 Å². The van der Waals surface area contributed by atoms with Crippen LogP contribution in [0.4, 0.5) is 0 Å². The molecule has 1 aliphatic carbocycles. The molecule has 19 heavy (non-hydrogen) atoms. The molecule has 106 valence electrons. The normalized spacial score (nSPS) is 24.4. The first kappa shape index (κ1) is 14.8. The SMILES string of the molecule is COc1ccc(C(C)NC2CCC(OC)C2)cc1Br. The Balaban J connectivity index is 1.96. The average Bonchev–Trinajstić information content (AvgIpc) is 2.86. The van der Waals surface area contributed by atoms with Gasteiger partial charge in [-0.15, -0.1) is 0 Å². The topological polar surface area (TPSA) is 30.5 Å². The minimum Gasteiger partial charge on any atom is -0.496 e. The molecule has 1 aromatic carbocycles. The number of halogens is 1. The van der Waals surface area contributed by atoms with Gasteiger partial charge in [0.2, 0.25) is 0 Å². The highest BCUT2D eigenvalue weighted by Gasteiger charge is 2.25. The first-order valence-electron chi connectivity index (χ1n) is 6.76. The number of hydrogen-bond donors (Lipinski definition) is 1. The quantitative estimate of drug-likeness (QED) is 0.894. The highest BCUT2D eigenvalue weighted by molar-refractivity contribution is 9.10. The summed E-state index contributed by atoms with van der Waals surface area (Å²) in [4.78, 5) is 0. The Hall–Kier alpha value is -0.580. The maximum Gasteiger partial charge on any atom is 0.133 e. The lowest BCUT2D eigenvalue weighted by Gasteiger charge is -2.20. The summed E-state index contributed by atoms with van der Waals surface area (Å²) < 4.78 is 11.7. The van der Waals surface area contributed by atoms with Crippen LogP contribution in [0.1, 0.15) is 37.8 Å². The minimum absolute atomic E-state index is 0.336. The first-order chi connectivity index (χ1) is 9.13. The Bertz CT molecular complexity index is 425. The van der Waals surface area contributed by atoms with Gasteiger partial charge in [-0.1, -0.05) is 6.07 Å². The molecule has 1 N–H and O–H groups in total. The van der Waals surface area contributed by atoms with Crippen molar-refractivity contribution in [2.45, 2.75) is 44.4 Å². The van der Waals surface area contributed by atoms with Crippen molar-refractivity contribution in [3.63, 3.8) is 0 Å². The monoisotopic (exact) mass is 327 g/mol. The zero-order chi connectivity index (χ0) is 13.8. The number of rotatable bonds is 5. The Labute approximate surface area is 123 Å². The largest absolute Gasteiger partial charge is 0.496 e. The molecule has 3 atom stereocenters. The zero-order valence-corrected chi connectivity index (χ0v) is 13.4. The number of benzene rings is 1. The molecule has 0 amide bonds. The summed E-state index contributed by atoms with van der Waals surface area (Å²) in [7, 11) is 3.49. The van der Waals surface area contributed by atoms with Crippen molar-refractivity contribution in [3.05, 3.63) is 28.2 Å².